The van der Waals surface area contributed by atoms with Crippen molar-refractivity contribution >= 4 is 5.69 Å². The van der Waals surface area contributed by atoms with Gasteiger partial charge in [-0.2, -0.15) is 0 Å². The number of piperazine rings is 1. The third-order valence-electron chi connectivity index (χ3n) is 4.67. The summed E-state index contributed by atoms with van der Waals surface area (Å²) in [6.07, 6.45) is 0. The summed E-state index contributed by atoms with van der Waals surface area (Å²) in [7, 11) is 2.17. The molecular formula is C17H28FN3. The van der Waals surface area contributed by atoms with Gasteiger partial charge in [0.25, 0.3) is 0 Å². The first-order chi connectivity index (χ1) is 9.95. The van der Waals surface area contributed by atoms with Gasteiger partial charge in [0.1, 0.15) is 5.82 Å². The highest BCUT2D eigenvalue weighted by Gasteiger charge is 2.29. The molecule has 0 radical (unpaired) electrons. The highest BCUT2D eigenvalue weighted by Crippen LogP contribution is 2.31. The van der Waals surface area contributed by atoms with Gasteiger partial charge in [-0.25, -0.2) is 4.39 Å². The van der Waals surface area contributed by atoms with Crippen molar-refractivity contribution in [1.82, 2.24) is 10.2 Å². The van der Waals surface area contributed by atoms with Crippen molar-refractivity contribution in [3.63, 3.8) is 0 Å². The van der Waals surface area contributed by atoms with Crippen molar-refractivity contribution in [3.8, 4) is 0 Å². The lowest BCUT2D eigenvalue weighted by Crippen LogP contribution is -2.55. The van der Waals surface area contributed by atoms with E-state index in [-0.39, 0.29) is 11.9 Å². The van der Waals surface area contributed by atoms with Gasteiger partial charge in [-0.15, -0.1) is 0 Å². The molecule has 0 bridgehead atoms. The maximum absolute atomic E-state index is 14.4. The number of halogens is 1. The van der Waals surface area contributed by atoms with Gasteiger partial charge in [0.2, 0.25) is 0 Å². The van der Waals surface area contributed by atoms with Crippen molar-refractivity contribution in [2.24, 2.45) is 0 Å². The van der Waals surface area contributed by atoms with E-state index in [4.69, 9.17) is 0 Å². The number of nitrogens with one attached hydrogen (secondary N) is 1. The van der Waals surface area contributed by atoms with Gasteiger partial charge in [0.15, 0.2) is 0 Å². The molecule has 1 aliphatic rings. The Morgan fingerprint density at radius 2 is 1.90 bits per heavy atom. The summed E-state index contributed by atoms with van der Waals surface area (Å²) in [6, 6.07) is 6.41. The van der Waals surface area contributed by atoms with Crippen LogP contribution < -0.4 is 10.2 Å². The Labute approximate surface area is 128 Å². The smallest absolute Gasteiger partial charge is 0.130 e. The molecule has 0 aromatic heterocycles. The molecule has 1 aliphatic heterocycles. The van der Waals surface area contributed by atoms with Crippen molar-refractivity contribution in [3.05, 3.63) is 29.6 Å². The van der Waals surface area contributed by atoms with Crippen molar-refractivity contribution in [2.45, 2.75) is 45.8 Å². The average Bonchev–Trinajstić information content (AvgIpc) is 2.44. The Bertz CT molecular complexity index is 465. The molecule has 21 heavy (non-hydrogen) atoms. The number of hydrogen-bond acceptors (Lipinski definition) is 3. The van der Waals surface area contributed by atoms with Crippen LogP contribution >= 0.6 is 0 Å². The fourth-order valence-electron chi connectivity index (χ4n) is 3.24. The number of anilines is 1. The van der Waals surface area contributed by atoms with Crippen LogP contribution in [0.4, 0.5) is 10.1 Å². The molecule has 118 valence electrons. The Balaban J connectivity index is 2.33. The Hall–Kier alpha value is -1.13. The molecule has 4 heteroatoms. The summed E-state index contributed by atoms with van der Waals surface area (Å²) in [5.74, 6) is -0.111. The van der Waals surface area contributed by atoms with Gasteiger partial charge >= 0.3 is 0 Å². The molecule has 0 spiro atoms. The monoisotopic (exact) mass is 293 g/mol. The van der Waals surface area contributed by atoms with E-state index < -0.39 is 0 Å². The first-order valence-electron chi connectivity index (χ1n) is 7.94. The van der Waals surface area contributed by atoms with Crippen LogP contribution in [0.2, 0.25) is 0 Å². The maximum Gasteiger partial charge on any atom is 0.130 e. The zero-order valence-corrected chi connectivity index (χ0v) is 13.9. The van der Waals surface area contributed by atoms with E-state index in [2.05, 4.69) is 49.0 Å². The van der Waals surface area contributed by atoms with E-state index in [1.165, 1.54) is 0 Å². The zero-order chi connectivity index (χ0) is 15.6. The lowest BCUT2D eigenvalue weighted by molar-refractivity contribution is 0.170. The van der Waals surface area contributed by atoms with Crippen LogP contribution in [0.15, 0.2) is 18.2 Å². The van der Waals surface area contributed by atoms with Gasteiger partial charge < -0.3 is 10.2 Å². The fourth-order valence-corrected chi connectivity index (χ4v) is 3.24. The third-order valence-corrected chi connectivity index (χ3v) is 4.67. The molecule has 1 heterocycles. The minimum atomic E-state index is -0.111. The molecule has 1 N–H and O–H groups in total. The van der Waals surface area contributed by atoms with Crippen LogP contribution in [0, 0.1) is 5.82 Å². The normalized spacial score (nSPS) is 25.1. The van der Waals surface area contributed by atoms with Crippen LogP contribution in [0.1, 0.15) is 39.3 Å². The second-order valence-electron chi connectivity index (χ2n) is 6.22. The van der Waals surface area contributed by atoms with E-state index in [1.54, 1.807) is 6.07 Å². The van der Waals surface area contributed by atoms with Gasteiger partial charge in [0.05, 0.1) is 0 Å². The topological polar surface area (TPSA) is 18.5 Å². The first-order valence-corrected chi connectivity index (χ1v) is 7.94. The molecule has 2 rings (SSSR count). The largest absolute Gasteiger partial charge is 0.368 e. The van der Waals surface area contributed by atoms with Gasteiger partial charge in [-0.3, -0.25) is 4.90 Å². The molecule has 1 aromatic rings. The molecular weight excluding hydrogens is 265 g/mol. The molecule has 0 amide bonds. The number of likely N-dealkylation sites (N-methyl/N-ethyl adjacent to an activating group) is 1. The molecule has 1 saturated heterocycles. The standard InChI is InChI=1S/C17H28FN3/c1-6-19-14(4)17-15(18)8-7-9-16(17)21-10-12(2)20(5)13(3)11-21/h7-9,12-14,19H,6,10-11H2,1-5H3. The highest BCUT2D eigenvalue weighted by molar-refractivity contribution is 5.56. The number of hydrogen-bond donors (Lipinski definition) is 1. The minimum Gasteiger partial charge on any atom is -0.368 e. The van der Waals surface area contributed by atoms with Crippen LogP contribution in [0.25, 0.3) is 0 Å². The van der Waals surface area contributed by atoms with Crippen molar-refractivity contribution < 1.29 is 4.39 Å². The molecule has 3 nitrogen and oxygen atoms in total. The van der Waals surface area contributed by atoms with E-state index in [9.17, 15) is 4.39 Å². The molecule has 1 fully saturated rings. The predicted molar refractivity (Wildman–Crippen MR) is 87.4 cm³/mol. The second kappa shape index (κ2) is 6.75. The third kappa shape index (κ3) is 3.38. The number of benzene rings is 1. The van der Waals surface area contributed by atoms with E-state index in [0.29, 0.717) is 12.1 Å². The molecule has 0 saturated carbocycles. The highest BCUT2D eigenvalue weighted by atomic mass is 19.1. The number of nitrogens with zero attached hydrogens (tertiary/aromatic N) is 2. The SMILES string of the molecule is CCNC(C)c1c(F)cccc1N1CC(C)N(C)C(C)C1. The van der Waals surface area contributed by atoms with Crippen molar-refractivity contribution in [2.75, 3.05) is 31.6 Å². The Morgan fingerprint density at radius 1 is 1.29 bits per heavy atom. The summed E-state index contributed by atoms with van der Waals surface area (Å²) in [5, 5.41) is 3.34. The summed E-state index contributed by atoms with van der Waals surface area (Å²) < 4.78 is 14.4. The lowest BCUT2D eigenvalue weighted by Gasteiger charge is -2.44. The van der Waals surface area contributed by atoms with Gasteiger partial charge in [-0.1, -0.05) is 13.0 Å². The summed E-state index contributed by atoms with van der Waals surface area (Å²) in [4.78, 5) is 4.73. The molecule has 0 aliphatic carbocycles. The van der Waals surface area contributed by atoms with Crippen LogP contribution in [-0.2, 0) is 0 Å². The average molecular weight is 293 g/mol. The quantitative estimate of drug-likeness (QED) is 0.920. The second-order valence-corrected chi connectivity index (χ2v) is 6.22. The summed E-state index contributed by atoms with van der Waals surface area (Å²) >= 11 is 0. The number of rotatable bonds is 4. The lowest BCUT2D eigenvalue weighted by atomic mass is 10.0. The van der Waals surface area contributed by atoms with Crippen LogP contribution in [0.3, 0.4) is 0 Å². The maximum atomic E-state index is 14.4. The van der Waals surface area contributed by atoms with E-state index in [0.717, 1.165) is 30.9 Å². The van der Waals surface area contributed by atoms with E-state index >= 15 is 0 Å². The molecule has 3 atom stereocenters. The zero-order valence-electron chi connectivity index (χ0n) is 13.9. The summed E-state index contributed by atoms with van der Waals surface area (Å²) in [6.45, 7) is 11.3. The van der Waals surface area contributed by atoms with E-state index in [1.807, 2.05) is 13.0 Å². The van der Waals surface area contributed by atoms with Gasteiger partial charge in [0, 0.05) is 42.5 Å². The molecule has 3 unspecified atom stereocenters. The van der Waals surface area contributed by atoms with Crippen molar-refractivity contribution in [1.29, 1.82) is 0 Å². The Kier molecular flexibility index (Phi) is 5.22. The summed E-state index contributed by atoms with van der Waals surface area (Å²) in [5.41, 5.74) is 1.83. The molecule has 1 aromatic carbocycles. The van der Waals surface area contributed by atoms with Crippen LogP contribution in [0.5, 0.6) is 0 Å². The van der Waals surface area contributed by atoms with Gasteiger partial charge in [-0.05, 0) is 46.5 Å². The van der Waals surface area contributed by atoms with Crippen LogP contribution in [-0.4, -0.2) is 43.7 Å². The minimum absolute atomic E-state index is 0.0245. The Morgan fingerprint density at radius 3 is 2.48 bits per heavy atom. The predicted octanol–water partition coefficient (Wildman–Crippen LogP) is 3.03. The first kappa shape index (κ1) is 16.2. The fraction of sp³-hybridized carbons (Fsp3) is 0.647.